The van der Waals surface area contributed by atoms with Gasteiger partial charge in [0, 0.05) is 16.6 Å². The van der Waals surface area contributed by atoms with Gasteiger partial charge in [0.05, 0.1) is 6.04 Å². The Hall–Kier alpha value is -0.770. The van der Waals surface area contributed by atoms with Crippen molar-refractivity contribution in [1.29, 1.82) is 0 Å². The first kappa shape index (κ1) is 17.3. The van der Waals surface area contributed by atoms with Crippen LogP contribution in [0.1, 0.15) is 51.5 Å². The Balaban J connectivity index is 1.44. The molecule has 1 aromatic carbocycles. The fourth-order valence-corrected chi connectivity index (χ4v) is 6.79. The van der Waals surface area contributed by atoms with Crippen LogP contribution in [-0.4, -0.2) is 27.5 Å². The maximum Gasteiger partial charge on any atom is 0.258 e. The molecule has 26 heavy (non-hydrogen) atoms. The van der Waals surface area contributed by atoms with E-state index in [9.17, 15) is 4.79 Å². The number of benzene rings is 1. The van der Waals surface area contributed by atoms with Gasteiger partial charge in [-0.25, -0.2) is 0 Å². The smallest absolute Gasteiger partial charge is 0.258 e. The Bertz CT molecular complexity index is 734. The molecule has 1 amide bonds. The third-order valence-electron chi connectivity index (χ3n) is 7.42. The number of halogens is 2. The fourth-order valence-electron chi connectivity index (χ4n) is 6.42. The van der Waals surface area contributed by atoms with Gasteiger partial charge in [-0.2, -0.15) is 5.01 Å². The second kappa shape index (κ2) is 5.86. The minimum atomic E-state index is -0.472. The molecule has 1 saturated heterocycles. The molecule has 0 spiro atoms. The molecule has 0 aromatic heterocycles. The average Bonchev–Trinajstić information content (AvgIpc) is 2.58. The van der Waals surface area contributed by atoms with Crippen molar-refractivity contribution in [2.45, 2.75) is 64.1 Å². The Morgan fingerprint density at radius 3 is 2.27 bits per heavy atom. The van der Waals surface area contributed by atoms with Crippen LogP contribution in [0.2, 0.25) is 10.0 Å². The van der Waals surface area contributed by atoms with Crippen LogP contribution in [-0.2, 0) is 11.3 Å². The van der Waals surface area contributed by atoms with Crippen molar-refractivity contribution in [2.75, 3.05) is 0 Å². The van der Waals surface area contributed by atoms with E-state index in [0.29, 0.717) is 29.4 Å². The summed E-state index contributed by atoms with van der Waals surface area (Å²) in [5.74, 6) is 3.46. The lowest BCUT2D eigenvalue weighted by molar-refractivity contribution is -0.251. The molecule has 0 unspecified atom stereocenters. The largest absolute Gasteiger partial charge is 0.271 e. The van der Waals surface area contributed by atoms with Crippen molar-refractivity contribution < 1.29 is 4.79 Å². The van der Waals surface area contributed by atoms with E-state index in [-0.39, 0.29) is 5.91 Å². The molecule has 140 valence electrons. The predicted molar refractivity (Wildman–Crippen MR) is 104 cm³/mol. The molecule has 6 rings (SSSR count). The van der Waals surface area contributed by atoms with Crippen molar-refractivity contribution in [3.05, 3.63) is 33.8 Å². The van der Waals surface area contributed by atoms with Crippen molar-refractivity contribution in [2.24, 2.45) is 23.7 Å². The zero-order valence-corrected chi connectivity index (χ0v) is 16.9. The number of nitrogens with zero attached hydrogens (tertiary/aromatic N) is 2. The zero-order chi connectivity index (χ0) is 18.2. The normalized spacial score (nSPS) is 37.9. The summed E-state index contributed by atoms with van der Waals surface area (Å²) < 4.78 is 0. The molecule has 4 saturated carbocycles. The van der Waals surface area contributed by atoms with E-state index in [4.69, 9.17) is 23.2 Å². The number of hydrogen-bond acceptors (Lipinski definition) is 2. The Morgan fingerprint density at radius 1 is 1.04 bits per heavy atom. The highest BCUT2D eigenvalue weighted by atomic mass is 35.5. The van der Waals surface area contributed by atoms with E-state index in [1.807, 2.05) is 32.0 Å². The number of amides is 1. The van der Waals surface area contributed by atoms with Crippen LogP contribution in [0, 0.1) is 23.7 Å². The van der Waals surface area contributed by atoms with Crippen LogP contribution in [0.15, 0.2) is 18.2 Å². The second-order valence-corrected chi connectivity index (χ2v) is 10.3. The van der Waals surface area contributed by atoms with Gasteiger partial charge < -0.3 is 0 Å². The van der Waals surface area contributed by atoms with Crippen LogP contribution >= 0.6 is 23.2 Å². The lowest BCUT2D eigenvalue weighted by Crippen LogP contribution is -2.79. The number of rotatable bonds is 3. The van der Waals surface area contributed by atoms with Crippen molar-refractivity contribution in [3.63, 3.8) is 0 Å². The van der Waals surface area contributed by atoms with Gasteiger partial charge in [0.1, 0.15) is 5.54 Å². The molecule has 4 aliphatic carbocycles. The van der Waals surface area contributed by atoms with Gasteiger partial charge in [-0.05, 0) is 93.4 Å². The SMILES string of the molecule is CC1(C)C(=O)N(C2C3CC4CC(C3)CC2C4)N1Cc1cc(Cl)ccc1Cl. The van der Waals surface area contributed by atoms with Gasteiger partial charge in [0.15, 0.2) is 0 Å². The first-order chi connectivity index (χ1) is 12.3. The summed E-state index contributed by atoms with van der Waals surface area (Å²) >= 11 is 12.6. The molecule has 0 N–H and O–H groups in total. The summed E-state index contributed by atoms with van der Waals surface area (Å²) in [5, 5.41) is 5.77. The third kappa shape index (κ3) is 2.47. The first-order valence-corrected chi connectivity index (χ1v) is 10.7. The summed E-state index contributed by atoms with van der Waals surface area (Å²) in [4.78, 5) is 13.1. The molecular formula is C21H26Cl2N2O. The van der Waals surface area contributed by atoms with Gasteiger partial charge in [-0.15, -0.1) is 0 Å². The van der Waals surface area contributed by atoms with Crippen LogP contribution in [0.5, 0.6) is 0 Å². The molecule has 4 bridgehead atoms. The van der Waals surface area contributed by atoms with Gasteiger partial charge in [0.2, 0.25) is 0 Å². The average molecular weight is 393 g/mol. The lowest BCUT2D eigenvalue weighted by Gasteiger charge is -2.65. The van der Waals surface area contributed by atoms with E-state index in [0.717, 1.165) is 22.4 Å². The molecule has 5 heteroatoms. The second-order valence-electron chi connectivity index (χ2n) is 9.42. The Labute approximate surface area is 165 Å². The van der Waals surface area contributed by atoms with Crippen molar-refractivity contribution in [3.8, 4) is 0 Å². The fraction of sp³-hybridized carbons (Fsp3) is 0.667. The van der Waals surface area contributed by atoms with E-state index in [1.165, 1.54) is 32.1 Å². The van der Waals surface area contributed by atoms with Gasteiger partial charge in [0.25, 0.3) is 5.91 Å². The van der Waals surface area contributed by atoms with Crippen LogP contribution in [0.4, 0.5) is 0 Å². The van der Waals surface area contributed by atoms with Crippen LogP contribution < -0.4 is 0 Å². The minimum absolute atomic E-state index is 0.271. The molecule has 1 heterocycles. The molecular weight excluding hydrogens is 367 g/mol. The summed E-state index contributed by atoms with van der Waals surface area (Å²) in [6.45, 7) is 4.70. The first-order valence-electron chi connectivity index (χ1n) is 9.89. The summed E-state index contributed by atoms with van der Waals surface area (Å²) in [7, 11) is 0. The maximum absolute atomic E-state index is 13.1. The van der Waals surface area contributed by atoms with Crippen molar-refractivity contribution >= 4 is 29.1 Å². The zero-order valence-electron chi connectivity index (χ0n) is 15.4. The van der Waals surface area contributed by atoms with Crippen LogP contribution in [0.3, 0.4) is 0 Å². The van der Waals surface area contributed by atoms with Gasteiger partial charge >= 0.3 is 0 Å². The Kier molecular flexibility index (Phi) is 3.91. The highest BCUT2D eigenvalue weighted by molar-refractivity contribution is 6.33. The monoisotopic (exact) mass is 392 g/mol. The van der Waals surface area contributed by atoms with E-state index in [1.54, 1.807) is 0 Å². The minimum Gasteiger partial charge on any atom is -0.271 e. The predicted octanol–water partition coefficient (Wildman–Crippen LogP) is 5.16. The molecule has 1 aliphatic heterocycles. The quantitative estimate of drug-likeness (QED) is 0.709. The van der Waals surface area contributed by atoms with Gasteiger partial charge in [-0.3, -0.25) is 9.80 Å². The summed E-state index contributed by atoms with van der Waals surface area (Å²) in [6, 6.07) is 5.98. The lowest BCUT2D eigenvalue weighted by atomic mass is 9.53. The van der Waals surface area contributed by atoms with Crippen LogP contribution in [0.25, 0.3) is 0 Å². The molecule has 0 radical (unpaired) electrons. The molecule has 5 fully saturated rings. The van der Waals surface area contributed by atoms with E-state index in [2.05, 4.69) is 10.0 Å². The highest BCUT2D eigenvalue weighted by Crippen LogP contribution is 2.57. The summed E-state index contributed by atoms with van der Waals surface area (Å²) in [6.07, 6.45) is 6.68. The van der Waals surface area contributed by atoms with E-state index < -0.39 is 5.54 Å². The highest BCUT2D eigenvalue weighted by Gasteiger charge is 2.60. The third-order valence-corrected chi connectivity index (χ3v) is 8.03. The number of carbonyl (C=O) groups is 1. The number of hydrogen-bond donors (Lipinski definition) is 0. The standard InChI is InChI=1S/C21H26Cl2N2O/c1-21(2)20(26)25(24(21)11-16-10-17(22)3-4-18(16)23)19-14-6-12-5-13(8-14)9-15(19)7-12/h3-4,10,12-15,19H,5-9,11H2,1-2H3. The summed E-state index contributed by atoms with van der Waals surface area (Å²) in [5.41, 5.74) is 0.522. The molecule has 0 atom stereocenters. The topological polar surface area (TPSA) is 23.6 Å². The molecule has 1 aromatic rings. The van der Waals surface area contributed by atoms with Crippen molar-refractivity contribution in [1.82, 2.24) is 10.0 Å². The number of carbonyl (C=O) groups excluding carboxylic acids is 1. The number of hydrazine groups is 1. The maximum atomic E-state index is 13.1. The Morgan fingerprint density at radius 2 is 1.65 bits per heavy atom. The van der Waals surface area contributed by atoms with E-state index >= 15 is 0 Å². The molecule has 5 aliphatic rings. The molecule has 3 nitrogen and oxygen atoms in total. The van der Waals surface area contributed by atoms with Gasteiger partial charge in [-0.1, -0.05) is 23.2 Å².